The lowest BCUT2D eigenvalue weighted by atomic mass is 10.1. The number of hydrogen-bond acceptors (Lipinski definition) is 4. The van der Waals surface area contributed by atoms with Crippen LogP contribution in [0.25, 0.3) is 0 Å². The Kier molecular flexibility index (Phi) is 6.42. The fourth-order valence-corrected chi connectivity index (χ4v) is 3.75. The molecule has 154 valence electrons. The van der Waals surface area contributed by atoms with E-state index in [4.69, 9.17) is 9.47 Å². The molecule has 0 bridgehead atoms. The number of hydrogen-bond donors (Lipinski definition) is 1. The Morgan fingerprint density at radius 1 is 1.07 bits per heavy atom. The number of anilines is 1. The number of nitrogens with zero attached hydrogens (tertiary/aromatic N) is 1. The maximum Gasteiger partial charge on any atom is 0.227 e. The average molecular weight is 396 g/mol. The average Bonchev–Trinajstić information content (AvgIpc) is 3.09. The third-order valence-corrected chi connectivity index (χ3v) is 5.17. The zero-order valence-corrected chi connectivity index (χ0v) is 17.5. The molecule has 3 rings (SSSR count). The molecule has 1 fully saturated rings. The molecule has 0 spiro atoms. The van der Waals surface area contributed by atoms with E-state index in [9.17, 15) is 9.59 Å². The van der Waals surface area contributed by atoms with Crippen LogP contribution in [0.15, 0.2) is 36.4 Å². The largest absolute Gasteiger partial charge is 0.493 e. The molecule has 1 saturated heterocycles. The van der Waals surface area contributed by atoms with Crippen LogP contribution in [0.3, 0.4) is 0 Å². The number of carbonyl (C=O) groups is 2. The number of aryl methyl sites for hydroxylation is 2. The Morgan fingerprint density at radius 3 is 2.41 bits per heavy atom. The van der Waals surface area contributed by atoms with E-state index >= 15 is 0 Å². The van der Waals surface area contributed by atoms with E-state index in [0.29, 0.717) is 31.0 Å². The number of nitrogens with one attached hydrogen (secondary N) is 1. The Hall–Kier alpha value is -3.02. The summed E-state index contributed by atoms with van der Waals surface area (Å²) in [6, 6.07) is 11.8. The van der Waals surface area contributed by atoms with E-state index in [1.165, 1.54) is 0 Å². The molecule has 2 aromatic rings. The molecule has 0 saturated carbocycles. The highest BCUT2D eigenvalue weighted by molar-refractivity contribution is 6.00. The minimum Gasteiger partial charge on any atom is -0.493 e. The molecular weight excluding hydrogens is 368 g/mol. The molecule has 29 heavy (non-hydrogen) atoms. The van der Waals surface area contributed by atoms with Gasteiger partial charge in [-0.15, -0.1) is 0 Å². The molecule has 1 heterocycles. The van der Waals surface area contributed by atoms with Crippen molar-refractivity contribution in [3.05, 3.63) is 53.1 Å². The number of rotatable bonds is 7. The van der Waals surface area contributed by atoms with Gasteiger partial charge in [0, 0.05) is 25.2 Å². The Bertz CT molecular complexity index is 889. The molecular formula is C23H28N2O4. The maximum absolute atomic E-state index is 12.6. The normalized spacial score (nSPS) is 16.1. The summed E-state index contributed by atoms with van der Waals surface area (Å²) in [5.41, 5.74) is 4.13. The molecule has 0 radical (unpaired) electrons. The number of carbonyl (C=O) groups excluding carboxylic acids is 2. The summed E-state index contributed by atoms with van der Waals surface area (Å²) >= 11 is 0. The molecule has 0 aromatic heterocycles. The Balaban J connectivity index is 1.56. The van der Waals surface area contributed by atoms with Crippen LogP contribution in [0.4, 0.5) is 5.69 Å². The molecule has 1 N–H and O–H groups in total. The van der Waals surface area contributed by atoms with Crippen LogP contribution in [0.1, 0.15) is 23.1 Å². The summed E-state index contributed by atoms with van der Waals surface area (Å²) in [6.07, 6.45) is 0.919. The van der Waals surface area contributed by atoms with Crippen molar-refractivity contribution >= 4 is 17.5 Å². The topological polar surface area (TPSA) is 67.9 Å². The molecule has 6 heteroatoms. The Morgan fingerprint density at radius 2 is 1.76 bits per heavy atom. The van der Waals surface area contributed by atoms with E-state index in [-0.39, 0.29) is 24.2 Å². The van der Waals surface area contributed by atoms with Crippen LogP contribution < -0.4 is 19.7 Å². The van der Waals surface area contributed by atoms with Gasteiger partial charge in [-0.1, -0.05) is 12.1 Å². The zero-order valence-electron chi connectivity index (χ0n) is 17.5. The van der Waals surface area contributed by atoms with Crippen molar-refractivity contribution in [1.29, 1.82) is 0 Å². The van der Waals surface area contributed by atoms with Gasteiger partial charge in [-0.25, -0.2) is 0 Å². The van der Waals surface area contributed by atoms with E-state index in [0.717, 1.165) is 22.4 Å². The van der Waals surface area contributed by atoms with Crippen molar-refractivity contribution in [3.63, 3.8) is 0 Å². The summed E-state index contributed by atoms with van der Waals surface area (Å²) in [5.74, 6) is 0.938. The number of amides is 2. The van der Waals surface area contributed by atoms with Crippen LogP contribution >= 0.6 is 0 Å². The summed E-state index contributed by atoms with van der Waals surface area (Å²) in [4.78, 5) is 26.8. The quantitative estimate of drug-likeness (QED) is 0.781. The van der Waals surface area contributed by atoms with Crippen molar-refractivity contribution in [1.82, 2.24) is 5.32 Å². The fourth-order valence-electron chi connectivity index (χ4n) is 3.75. The lowest BCUT2D eigenvalue weighted by Crippen LogP contribution is -2.34. The molecule has 2 amide bonds. The summed E-state index contributed by atoms with van der Waals surface area (Å²) in [6.45, 7) is 4.94. The third-order valence-electron chi connectivity index (χ3n) is 5.17. The van der Waals surface area contributed by atoms with Crippen LogP contribution in [-0.4, -0.2) is 39.1 Å². The Labute approximate surface area is 171 Å². The van der Waals surface area contributed by atoms with Crippen molar-refractivity contribution < 1.29 is 19.1 Å². The van der Waals surface area contributed by atoms with Crippen LogP contribution in [-0.2, 0) is 16.0 Å². The molecule has 0 aliphatic carbocycles. The van der Waals surface area contributed by atoms with Crippen molar-refractivity contribution in [2.45, 2.75) is 26.7 Å². The zero-order chi connectivity index (χ0) is 21.0. The fraction of sp³-hybridized carbons (Fsp3) is 0.391. The van der Waals surface area contributed by atoms with E-state index in [1.54, 1.807) is 19.1 Å². The van der Waals surface area contributed by atoms with Gasteiger partial charge in [-0.05, 0) is 61.2 Å². The second-order valence-electron chi connectivity index (χ2n) is 7.48. The van der Waals surface area contributed by atoms with Crippen LogP contribution in [0.2, 0.25) is 0 Å². The van der Waals surface area contributed by atoms with Gasteiger partial charge < -0.3 is 19.7 Å². The molecule has 6 nitrogen and oxygen atoms in total. The first-order valence-electron chi connectivity index (χ1n) is 9.78. The molecule has 1 atom stereocenters. The SMILES string of the molecule is COc1ccc(CCNC(=O)C2CC(=O)N(c3cc(C)cc(C)c3)C2)cc1OC. The minimum atomic E-state index is -0.325. The lowest BCUT2D eigenvalue weighted by Gasteiger charge is -2.18. The van der Waals surface area contributed by atoms with Gasteiger partial charge in [-0.3, -0.25) is 9.59 Å². The number of ether oxygens (including phenoxy) is 2. The predicted molar refractivity (Wildman–Crippen MR) is 113 cm³/mol. The maximum atomic E-state index is 12.6. The van der Waals surface area contributed by atoms with E-state index in [2.05, 4.69) is 11.4 Å². The first-order valence-corrected chi connectivity index (χ1v) is 9.78. The minimum absolute atomic E-state index is 0.00459. The van der Waals surface area contributed by atoms with Gasteiger partial charge >= 0.3 is 0 Å². The first-order chi connectivity index (χ1) is 13.9. The molecule has 1 aliphatic heterocycles. The monoisotopic (exact) mass is 396 g/mol. The van der Waals surface area contributed by atoms with Crippen molar-refractivity contribution in [3.8, 4) is 11.5 Å². The summed E-state index contributed by atoms with van der Waals surface area (Å²) in [7, 11) is 3.20. The van der Waals surface area contributed by atoms with Crippen LogP contribution in [0, 0.1) is 19.8 Å². The first kappa shape index (κ1) is 20.7. The number of methoxy groups -OCH3 is 2. The van der Waals surface area contributed by atoms with Crippen molar-refractivity contribution in [2.24, 2.45) is 5.92 Å². The van der Waals surface area contributed by atoms with Gasteiger partial charge in [0.25, 0.3) is 0 Å². The highest BCUT2D eigenvalue weighted by Gasteiger charge is 2.35. The van der Waals surface area contributed by atoms with E-state index in [1.807, 2.05) is 44.2 Å². The van der Waals surface area contributed by atoms with Crippen molar-refractivity contribution in [2.75, 3.05) is 32.2 Å². The van der Waals surface area contributed by atoms with E-state index < -0.39 is 0 Å². The van der Waals surface area contributed by atoms with Gasteiger partial charge in [0.2, 0.25) is 11.8 Å². The second-order valence-corrected chi connectivity index (χ2v) is 7.48. The van der Waals surface area contributed by atoms with Gasteiger partial charge in [0.15, 0.2) is 11.5 Å². The standard InChI is InChI=1S/C23H28N2O4/c1-15-9-16(2)11-19(10-15)25-14-18(13-22(25)26)23(27)24-8-7-17-5-6-20(28-3)21(12-17)29-4/h5-6,9-12,18H,7-8,13-14H2,1-4H3,(H,24,27). The molecule has 1 aliphatic rings. The lowest BCUT2D eigenvalue weighted by molar-refractivity contribution is -0.126. The molecule has 2 aromatic carbocycles. The number of benzene rings is 2. The summed E-state index contributed by atoms with van der Waals surface area (Å²) in [5, 5.41) is 2.96. The predicted octanol–water partition coefficient (Wildman–Crippen LogP) is 3.03. The third kappa shape index (κ3) is 4.88. The smallest absolute Gasteiger partial charge is 0.227 e. The van der Waals surface area contributed by atoms with Gasteiger partial charge in [0.05, 0.1) is 20.1 Å². The van der Waals surface area contributed by atoms with Crippen LogP contribution in [0.5, 0.6) is 11.5 Å². The second kappa shape index (κ2) is 8.99. The highest BCUT2D eigenvalue weighted by Crippen LogP contribution is 2.28. The molecule has 1 unspecified atom stereocenters. The van der Waals surface area contributed by atoms with Gasteiger partial charge in [0.1, 0.15) is 0 Å². The summed E-state index contributed by atoms with van der Waals surface area (Å²) < 4.78 is 10.6. The van der Waals surface area contributed by atoms with Gasteiger partial charge in [-0.2, -0.15) is 0 Å². The highest BCUT2D eigenvalue weighted by atomic mass is 16.5.